The van der Waals surface area contributed by atoms with Crippen molar-refractivity contribution < 1.29 is 19.2 Å². The fourth-order valence-electron chi connectivity index (χ4n) is 2.25. The van der Waals surface area contributed by atoms with Gasteiger partial charge in [-0.05, 0) is 40.0 Å². The van der Waals surface area contributed by atoms with E-state index >= 15 is 0 Å². The van der Waals surface area contributed by atoms with Gasteiger partial charge >= 0.3 is 6.09 Å². The molecule has 1 rings (SSSR count). The average Bonchev–Trinajstić information content (AvgIpc) is 2.92. The van der Waals surface area contributed by atoms with E-state index in [-0.39, 0.29) is 18.0 Å². The predicted octanol–water partition coefficient (Wildman–Crippen LogP) is 3.21. The largest absolute Gasteiger partial charge is 0.444 e. The predicted molar refractivity (Wildman–Crippen MR) is 86.3 cm³/mol. The van der Waals surface area contributed by atoms with E-state index in [0.717, 1.165) is 12.8 Å². The summed E-state index contributed by atoms with van der Waals surface area (Å²) >= 11 is 0. The van der Waals surface area contributed by atoms with Crippen LogP contribution in [0.25, 0.3) is 0 Å². The zero-order chi connectivity index (χ0) is 17.3. The molecule has 130 valence electrons. The fraction of sp³-hybridized carbons (Fsp3) is 0.875. The summed E-state index contributed by atoms with van der Waals surface area (Å²) in [6.45, 7) is 10.3. The van der Waals surface area contributed by atoms with Crippen LogP contribution in [0.4, 0.5) is 4.79 Å². The molecule has 1 atom stereocenters. The van der Waals surface area contributed by atoms with Crippen LogP contribution in [-0.2, 0) is 14.4 Å². The fourth-order valence-corrected chi connectivity index (χ4v) is 2.25. The van der Waals surface area contributed by atoms with Crippen molar-refractivity contribution >= 4 is 12.0 Å². The van der Waals surface area contributed by atoms with Crippen molar-refractivity contribution in [1.29, 1.82) is 0 Å². The van der Waals surface area contributed by atoms with E-state index in [4.69, 9.17) is 9.57 Å². The maximum Gasteiger partial charge on any atom is 0.410 e. The number of amides is 2. The molecule has 0 N–H and O–H groups in total. The van der Waals surface area contributed by atoms with Crippen molar-refractivity contribution in [2.24, 2.45) is 0 Å². The van der Waals surface area contributed by atoms with E-state index < -0.39 is 5.60 Å². The summed E-state index contributed by atoms with van der Waals surface area (Å²) in [6, 6.07) is 0.0825. The van der Waals surface area contributed by atoms with Gasteiger partial charge in [-0.3, -0.25) is 9.63 Å². The van der Waals surface area contributed by atoms with Crippen molar-refractivity contribution in [3.05, 3.63) is 0 Å². The van der Waals surface area contributed by atoms with Crippen LogP contribution in [0, 0.1) is 0 Å². The summed E-state index contributed by atoms with van der Waals surface area (Å²) in [4.78, 5) is 30.4. The molecule has 0 saturated carbocycles. The van der Waals surface area contributed by atoms with E-state index in [1.165, 1.54) is 12.2 Å². The third kappa shape index (κ3) is 7.11. The van der Waals surface area contributed by atoms with Gasteiger partial charge in [-0.2, -0.15) is 0 Å². The number of hydroxylamine groups is 2. The Morgan fingerprint density at radius 2 is 1.86 bits per heavy atom. The Hall–Kier alpha value is -1.30. The first-order valence-corrected chi connectivity index (χ1v) is 8.05. The van der Waals surface area contributed by atoms with Gasteiger partial charge in [-0.25, -0.2) is 9.86 Å². The number of likely N-dealkylation sites (tertiary alicyclic amines) is 1. The summed E-state index contributed by atoms with van der Waals surface area (Å²) in [5.74, 6) is -0.0801. The van der Waals surface area contributed by atoms with E-state index in [9.17, 15) is 9.59 Å². The van der Waals surface area contributed by atoms with E-state index in [2.05, 4.69) is 0 Å². The standard InChI is InChI=1S/C14H26N2O4.C2H6/c1-14(2,3)20-13(18)16-10-6-7-11(16)8-9-12(17)15(4)19-5;1-2/h11H,6-10H2,1-5H3;1-2H3/t11-;/m0./s1. The van der Waals surface area contributed by atoms with Gasteiger partial charge in [0.05, 0.1) is 7.11 Å². The highest BCUT2D eigenvalue weighted by Gasteiger charge is 2.32. The van der Waals surface area contributed by atoms with Gasteiger partial charge < -0.3 is 9.64 Å². The normalized spacial score (nSPS) is 17.6. The molecule has 1 fully saturated rings. The summed E-state index contributed by atoms with van der Waals surface area (Å²) in [5.41, 5.74) is -0.490. The molecule has 0 aromatic rings. The van der Waals surface area contributed by atoms with E-state index in [1.807, 2.05) is 34.6 Å². The number of hydrogen-bond donors (Lipinski definition) is 0. The molecular formula is C16H32N2O4. The Balaban J connectivity index is 0.00000211. The number of carbonyl (C=O) groups is 2. The van der Waals surface area contributed by atoms with Gasteiger partial charge in [0.25, 0.3) is 0 Å². The molecule has 6 heteroatoms. The molecule has 1 saturated heterocycles. The van der Waals surface area contributed by atoms with Crippen LogP contribution in [0.2, 0.25) is 0 Å². The van der Waals surface area contributed by atoms with Crippen molar-refractivity contribution in [3.63, 3.8) is 0 Å². The Bertz CT molecular complexity index is 353. The van der Waals surface area contributed by atoms with Crippen LogP contribution in [0.1, 0.15) is 60.3 Å². The van der Waals surface area contributed by atoms with Gasteiger partial charge in [-0.1, -0.05) is 13.8 Å². The lowest BCUT2D eigenvalue weighted by Gasteiger charge is -2.28. The third-order valence-electron chi connectivity index (χ3n) is 3.32. The maximum absolute atomic E-state index is 12.1. The Morgan fingerprint density at radius 1 is 1.27 bits per heavy atom. The first kappa shape index (κ1) is 20.7. The molecule has 1 aliphatic rings. The van der Waals surface area contributed by atoms with Crippen LogP contribution < -0.4 is 0 Å². The molecular weight excluding hydrogens is 284 g/mol. The minimum absolute atomic E-state index is 0.0801. The summed E-state index contributed by atoms with van der Waals surface area (Å²) in [6.07, 6.45) is 2.61. The Morgan fingerprint density at radius 3 is 2.36 bits per heavy atom. The zero-order valence-electron chi connectivity index (χ0n) is 15.1. The minimum atomic E-state index is -0.490. The molecule has 0 spiro atoms. The van der Waals surface area contributed by atoms with E-state index in [1.54, 1.807) is 11.9 Å². The van der Waals surface area contributed by atoms with Crippen LogP contribution in [0.5, 0.6) is 0 Å². The third-order valence-corrected chi connectivity index (χ3v) is 3.32. The number of nitrogens with zero attached hydrogens (tertiary/aromatic N) is 2. The summed E-state index contributed by atoms with van der Waals surface area (Å²) < 4.78 is 5.39. The van der Waals surface area contributed by atoms with E-state index in [0.29, 0.717) is 19.4 Å². The second-order valence-electron chi connectivity index (χ2n) is 6.08. The van der Waals surface area contributed by atoms with Crippen LogP contribution in [-0.4, -0.2) is 54.3 Å². The monoisotopic (exact) mass is 316 g/mol. The van der Waals surface area contributed by atoms with Gasteiger partial charge in [0, 0.05) is 26.1 Å². The number of rotatable bonds is 4. The van der Waals surface area contributed by atoms with Gasteiger partial charge in [0.2, 0.25) is 5.91 Å². The van der Waals surface area contributed by atoms with Gasteiger partial charge in [0.1, 0.15) is 5.60 Å². The van der Waals surface area contributed by atoms with Crippen LogP contribution in [0.15, 0.2) is 0 Å². The molecule has 2 amide bonds. The number of ether oxygens (including phenoxy) is 1. The van der Waals surface area contributed by atoms with Crippen LogP contribution >= 0.6 is 0 Å². The molecule has 0 bridgehead atoms. The molecule has 1 heterocycles. The lowest BCUT2D eigenvalue weighted by Crippen LogP contribution is -2.40. The summed E-state index contributed by atoms with van der Waals surface area (Å²) in [7, 11) is 3.04. The van der Waals surface area contributed by atoms with Gasteiger partial charge in [0.15, 0.2) is 0 Å². The second kappa shape index (κ2) is 9.66. The highest BCUT2D eigenvalue weighted by atomic mass is 16.7. The Labute approximate surface area is 134 Å². The number of carbonyl (C=O) groups excluding carboxylic acids is 2. The zero-order valence-corrected chi connectivity index (χ0v) is 15.1. The highest BCUT2D eigenvalue weighted by molar-refractivity contribution is 5.75. The molecule has 0 aliphatic carbocycles. The van der Waals surface area contributed by atoms with Crippen molar-refractivity contribution in [2.45, 2.75) is 71.9 Å². The quantitative estimate of drug-likeness (QED) is 0.747. The van der Waals surface area contributed by atoms with Crippen molar-refractivity contribution in [2.75, 3.05) is 20.7 Å². The van der Waals surface area contributed by atoms with Crippen molar-refractivity contribution in [3.8, 4) is 0 Å². The summed E-state index contributed by atoms with van der Waals surface area (Å²) in [5, 5.41) is 1.22. The molecule has 6 nitrogen and oxygen atoms in total. The van der Waals surface area contributed by atoms with Gasteiger partial charge in [-0.15, -0.1) is 0 Å². The SMILES string of the molecule is CC.CON(C)C(=O)CC[C@@H]1CCCN1C(=O)OC(C)(C)C. The first-order valence-electron chi connectivity index (χ1n) is 8.05. The lowest BCUT2D eigenvalue weighted by atomic mass is 10.1. The average molecular weight is 316 g/mol. The topological polar surface area (TPSA) is 59.1 Å². The molecule has 0 aromatic heterocycles. The molecule has 0 unspecified atom stereocenters. The molecule has 0 aromatic carbocycles. The minimum Gasteiger partial charge on any atom is -0.444 e. The Kier molecular flexibility index (Phi) is 9.09. The first-order chi connectivity index (χ1) is 10.2. The second-order valence-corrected chi connectivity index (χ2v) is 6.08. The molecule has 22 heavy (non-hydrogen) atoms. The smallest absolute Gasteiger partial charge is 0.410 e. The number of hydrogen-bond acceptors (Lipinski definition) is 4. The lowest BCUT2D eigenvalue weighted by molar-refractivity contribution is -0.168. The molecule has 0 radical (unpaired) electrons. The molecule has 1 aliphatic heterocycles. The maximum atomic E-state index is 12.1. The van der Waals surface area contributed by atoms with Crippen molar-refractivity contribution in [1.82, 2.24) is 9.96 Å². The van der Waals surface area contributed by atoms with Crippen LogP contribution in [0.3, 0.4) is 0 Å². The highest BCUT2D eigenvalue weighted by Crippen LogP contribution is 2.24.